The fourth-order valence-corrected chi connectivity index (χ4v) is 2.39. The van der Waals surface area contributed by atoms with Crippen molar-refractivity contribution in [3.05, 3.63) is 0 Å². The second kappa shape index (κ2) is 5.36. The second-order valence-electron chi connectivity index (χ2n) is 6.21. The van der Waals surface area contributed by atoms with E-state index < -0.39 is 14.4 Å². The van der Waals surface area contributed by atoms with Gasteiger partial charge in [-0.25, -0.2) is 0 Å². The van der Waals surface area contributed by atoms with E-state index in [0.29, 0.717) is 13.2 Å². The molecule has 0 bridgehead atoms. The van der Waals surface area contributed by atoms with Crippen LogP contribution in [0, 0.1) is 0 Å². The maximum atomic E-state index is 9.77. The summed E-state index contributed by atoms with van der Waals surface area (Å²) in [6.07, 6.45) is -1.12. The molecule has 1 saturated heterocycles. The average molecular weight is 262 g/mol. The van der Waals surface area contributed by atoms with Crippen molar-refractivity contribution in [3.63, 3.8) is 0 Å². The normalized spacial score (nSPS) is 31.6. The molecular formula is C12H26O4Si. The van der Waals surface area contributed by atoms with Crippen LogP contribution in [-0.2, 0) is 13.9 Å². The molecule has 102 valence electrons. The fourth-order valence-electron chi connectivity index (χ4n) is 1.37. The standard InChI is InChI=1S/C12H26O4Si/c1-9-14-7-10(13)11(16-9)8-15-17(5,6)12(2,3)4/h9-11,13H,7-8H2,1-6H3/t9-,10+,11+/m0/s1. The minimum absolute atomic E-state index is 0.175. The molecule has 0 radical (unpaired) electrons. The molecule has 1 N–H and O–H groups in total. The molecule has 1 aliphatic heterocycles. The lowest BCUT2D eigenvalue weighted by atomic mass is 10.2. The molecule has 4 nitrogen and oxygen atoms in total. The molecular weight excluding hydrogens is 236 g/mol. The van der Waals surface area contributed by atoms with Crippen LogP contribution in [-0.4, -0.2) is 45.1 Å². The first-order valence-electron chi connectivity index (χ1n) is 6.22. The van der Waals surface area contributed by atoms with Gasteiger partial charge < -0.3 is 19.0 Å². The summed E-state index contributed by atoms with van der Waals surface area (Å²) in [4.78, 5) is 0. The number of ether oxygens (including phenoxy) is 2. The van der Waals surface area contributed by atoms with E-state index in [2.05, 4.69) is 33.9 Å². The van der Waals surface area contributed by atoms with Crippen LogP contribution in [0.3, 0.4) is 0 Å². The van der Waals surface area contributed by atoms with Crippen molar-refractivity contribution in [2.24, 2.45) is 0 Å². The Labute approximate surface area is 105 Å². The first-order chi connectivity index (χ1) is 7.63. The first-order valence-corrected chi connectivity index (χ1v) is 9.13. The van der Waals surface area contributed by atoms with Crippen LogP contribution in [0.4, 0.5) is 0 Å². The van der Waals surface area contributed by atoms with Crippen molar-refractivity contribution in [2.45, 2.75) is 64.3 Å². The third-order valence-electron chi connectivity index (χ3n) is 3.71. The lowest BCUT2D eigenvalue weighted by Gasteiger charge is -2.39. The molecule has 0 aliphatic carbocycles. The van der Waals surface area contributed by atoms with E-state index >= 15 is 0 Å². The summed E-state index contributed by atoms with van der Waals surface area (Å²) < 4.78 is 16.8. The number of rotatable bonds is 3. The first kappa shape index (κ1) is 15.1. The molecule has 0 amide bonds. The Hall–Kier alpha value is 0.0569. The number of hydrogen-bond donors (Lipinski definition) is 1. The van der Waals surface area contributed by atoms with Gasteiger partial charge in [-0.05, 0) is 25.1 Å². The molecule has 3 atom stereocenters. The highest BCUT2D eigenvalue weighted by atomic mass is 28.4. The van der Waals surface area contributed by atoms with Crippen LogP contribution in [0.25, 0.3) is 0 Å². The summed E-state index contributed by atoms with van der Waals surface area (Å²) in [7, 11) is -1.77. The highest BCUT2D eigenvalue weighted by molar-refractivity contribution is 6.74. The molecule has 17 heavy (non-hydrogen) atoms. The summed E-state index contributed by atoms with van der Waals surface area (Å²) >= 11 is 0. The SMILES string of the molecule is C[C@H]1OC[C@@H](O)[C@@H](CO[Si](C)(C)C(C)(C)C)O1. The number of aliphatic hydroxyl groups excluding tert-OH is 1. The highest BCUT2D eigenvalue weighted by Crippen LogP contribution is 2.36. The molecule has 0 aromatic heterocycles. The largest absolute Gasteiger partial charge is 0.414 e. The third-order valence-corrected chi connectivity index (χ3v) is 8.21. The van der Waals surface area contributed by atoms with Gasteiger partial charge in [0, 0.05) is 0 Å². The highest BCUT2D eigenvalue weighted by Gasteiger charge is 2.39. The van der Waals surface area contributed by atoms with Gasteiger partial charge in [0.25, 0.3) is 0 Å². The maximum Gasteiger partial charge on any atom is 0.192 e. The molecule has 5 heteroatoms. The molecule has 1 rings (SSSR count). The van der Waals surface area contributed by atoms with Gasteiger partial charge in [-0.2, -0.15) is 0 Å². The average Bonchev–Trinajstić information content (AvgIpc) is 2.18. The molecule has 0 aromatic carbocycles. The van der Waals surface area contributed by atoms with Gasteiger partial charge in [-0.15, -0.1) is 0 Å². The molecule has 1 aliphatic rings. The van der Waals surface area contributed by atoms with E-state index in [0.717, 1.165) is 0 Å². The second-order valence-corrected chi connectivity index (χ2v) is 11.0. The molecule has 1 fully saturated rings. The Morgan fingerprint density at radius 2 is 1.94 bits per heavy atom. The predicted molar refractivity (Wildman–Crippen MR) is 69.4 cm³/mol. The zero-order valence-corrected chi connectivity index (χ0v) is 12.8. The fraction of sp³-hybridized carbons (Fsp3) is 1.00. The van der Waals surface area contributed by atoms with E-state index in [4.69, 9.17) is 13.9 Å². The van der Waals surface area contributed by atoms with Crippen molar-refractivity contribution >= 4 is 8.32 Å². The van der Waals surface area contributed by atoms with E-state index in [1.807, 2.05) is 6.92 Å². The Kier molecular flexibility index (Phi) is 4.77. The summed E-state index contributed by atoms with van der Waals surface area (Å²) in [5, 5.41) is 9.95. The minimum atomic E-state index is -1.77. The summed E-state index contributed by atoms with van der Waals surface area (Å²) in [5.41, 5.74) is 0. The van der Waals surface area contributed by atoms with E-state index in [1.165, 1.54) is 0 Å². The minimum Gasteiger partial charge on any atom is -0.414 e. The van der Waals surface area contributed by atoms with Gasteiger partial charge in [-0.1, -0.05) is 20.8 Å². The quantitative estimate of drug-likeness (QED) is 0.792. The molecule has 0 aromatic rings. The Morgan fingerprint density at radius 3 is 2.47 bits per heavy atom. The van der Waals surface area contributed by atoms with E-state index in [-0.39, 0.29) is 17.4 Å². The third kappa shape index (κ3) is 4.03. The van der Waals surface area contributed by atoms with Crippen LogP contribution in [0.2, 0.25) is 18.1 Å². The van der Waals surface area contributed by atoms with E-state index in [1.54, 1.807) is 0 Å². The monoisotopic (exact) mass is 262 g/mol. The number of aliphatic hydroxyl groups is 1. The maximum absolute atomic E-state index is 9.77. The van der Waals surface area contributed by atoms with Crippen molar-refractivity contribution in [3.8, 4) is 0 Å². The lowest BCUT2D eigenvalue weighted by molar-refractivity contribution is -0.249. The zero-order valence-electron chi connectivity index (χ0n) is 11.8. The molecule has 1 heterocycles. The van der Waals surface area contributed by atoms with Crippen molar-refractivity contribution in [2.75, 3.05) is 13.2 Å². The van der Waals surface area contributed by atoms with Crippen LogP contribution in [0.15, 0.2) is 0 Å². The molecule has 0 saturated carbocycles. The summed E-state index contributed by atoms with van der Waals surface area (Å²) in [6, 6.07) is 0. The predicted octanol–water partition coefficient (Wildman–Crippen LogP) is 2.13. The lowest BCUT2D eigenvalue weighted by Crippen LogP contribution is -2.49. The van der Waals surface area contributed by atoms with Crippen LogP contribution < -0.4 is 0 Å². The van der Waals surface area contributed by atoms with Crippen molar-refractivity contribution < 1.29 is 19.0 Å². The van der Waals surface area contributed by atoms with Gasteiger partial charge in [0.15, 0.2) is 14.6 Å². The van der Waals surface area contributed by atoms with Crippen molar-refractivity contribution in [1.82, 2.24) is 0 Å². The molecule has 0 unspecified atom stereocenters. The summed E-state index contributed by atoms with van der Waals surface area (Å²) in [6.45, 7) is 13.6. The van der Waals surface area contributed by atoms with Crippen LogP contribution in [0.5, 0.6) is 0 Å². The Bertz CT molecular complexity index is 249. The van der Waals surface area contributed by atoms with Crippen molar-refractivity contribution in [1.29, 1.82) is 0 Å². The van der Waals surface area contributed by atoms with Crippen LogP contribution in [0.1, 0.15) is 27.7 Å². The molecule has 0 spiro atoms. The topological polar surface area (TPSA) is 47.9 Å². The number of hydrogen-bond acceptors (Lipinski definition) is 4. The Balaban J connectivity index is 2.49. The summed E-state index contributed by atoms with van der Waals surface area (Å²) in [5.74, 6) is 0. The smallest absolute Gasteiger partial charge is 0.192 e. The van der Waals surface area contributed by atoms with Gasteiger partial charge in [0.1, 0.15) is 12.2 Å². The van der Waals surface area contributed by atoms with E-state index in [9.17, 15) is 5.11 Å². The van der Waals surface area contributed by atoms with Gasteiger partial charge >= 0.3 is 0 Å². The Morgan fingerprint density at radius 1 is 1.35 bits per heavy atom. The van der Waals surface area contributed by atoms with Gasteiger partial charge in [0.2, 0.25) is 0 Å². The van der Waals surface area contributed by atoms with Gasteiger partial charge in [-0.3, -0.25) is 0 Å². The zero-order chi connectivity index (χ0) is 13.3. The van der Waals surface area contributed by atoms with Crippen LogP contribution >= 0.6 is 0 Å². The van der Waals surface area contributed by atoms with Gasteiger partial charge in [0.05, 0.1) is 13.2 Å².